The summed E-state index contributed by atoms with van der Waals surface area (Å²) in [6, 6.07) is 7.18. The molecule has 82 valence electrons. The number of carbonyl (C=O) groups is 1. The Hall–Kier alpha value is -1.88. The van der Waals surface area contributed by atoms with Crippen molar-refractivity contribution in [1.82, 2.24) is 5.43 Å². The Labute approximate surface area is 96.6 Å². The van der Waals surface area contributed by atoms with Gasteiger partial charge in [0.05, 0.1) is 11.1 Å². The van der Waals surface area contributed by atoms with E-state index in [2.05, 4.69) is 10.5 Å². The highest BCUT2D eigenvalue weighted by Gasteiger charge is 2.03. The first kappa shape index (κ1) is 10.6. The van der Waals surface area contributed by atoms with Crippen LogP contribution in [0.5, 0.6) is 0 Å². The van der Waals surface area contributed by atoms with Gasteiger partial charge in [0.15, 0.2) is 0 Å². The van der Waals surface area contributed by atoms with Crippen molar-refractivity contribution in [3.05, 3.63) is 46.0 Å². The van der Waals surface area contributed by atoms with Gasteiger partial charge in [-0.1, -0.05) is 6.07 Å². The van der Waals surface area contributed by atoms with Gasteiger partial charge < -0.3 is 4.42 Å². The lowest BCUT2D eigenvalue weighted by Crippen LogP contribution is -2.15. The normalized spacial score (nSPS) is 10.8. The summed E-state index contributed by atoms with van der Waals surface area (Å²) in [6.07, 6.45) is 1.47. The minimum absolute atomic E-state index is 0.213. The van der Waals surface area contributed by atoms with Gasteiger partial charge >= 0.3 is 0 Å². The van der Waals surface area contributed by atoms with E-state index in [-0.39, 0.29) is 5.91 Å². The summed E-state index contributed by atoms with van der Waals surface area (Å²) in [5.74, 6) is 1.21. The Morgan fingerprint density at radius 1 is 1.50 bits per heavy atom. The highest BCUT2D eigenvalue weighted by atomic mass is 32.1. The maximum atomic E-state index is 11.5. The molecule has 2 rings (SSSR count). The SMILES string of the molecule is Cc1ccc(/C=N\NC(=O)c2cccs2)o1. The third-order valence-electron chi connectivity index (χ3n) is 1.86. The molecule has 0 saturated carbocycles. The molecule has 4 nitrogen and oxygen atoms in total. The molecular formula is C11H10N2O2S. The molecule has 0 aromatic carbocycles. The van der Waals surface area contributed by atoms with Gasteiger partial charge in [0.1, 0.15) is 11.5 Å². The van der Waals surface area contributed by atoms with E-state index < -0.39 is 0 Å². The molecule has 0 bridgehead atoms. The largest absolute Gasteiger partial charge is 0.460 e. The van der Waals surface area contributed by atoms with Gasteiger partial charge in [-0.15, -0.1) is 11.3 Å². The number of nitrogens with zero attached hydrogens (tertiary/aromatic N) is 1. The monoisotopic (exact) mass is 234 g/mol. The summed E-state index contributed by atoms with van der Waals surface area (Å²) in [5, 5.41) is 5.64. The van der Waals surface area contributed by atoms with E-state index in [0.717, 1.165) is 5.76 Å². The second-order valence-corrected chi connectivity index (χ2v) is 4.07. The molecule has 0 saturated heterocycles. The summed E-state index contributed by atoms with van der Waals surface area (Å²) in [4.78, 5) is 12.1. The van der Waals surface area contributed by atoms with Crippen LogP contribution in [-0.2, 0) is 0 Å². The fraction of sp³-hybridized carbons (Fsp3) is 0.0909. The van der Waals surface area contributed by atoms with Gasteiger partial charge in [0.25, 0.3) is 5.91 Å². The lowest BCUT2D eigenvalue weighted by molar-refractivity contribution is 0.0959. The third kappa shape index (κ3) is 2.58. The molecule has 0 atom stereocenters. The number of thiophene rings is 1. The van der Waals surface area contributed by atoms with Gasteiger partial charge in [-0.3, -0.25) is 4.79 Å². The molecule has 1 amide bonds. The van der Waals surface area contributed by atoms with Crippen LogP contribution in [-0.4, -0.2) is 12.1 Å². The fourth-order valence-corrected chi connectivity index (χ4v) is 1.75. The van der Waals surface area contributed by atoms with Gasteiger partial charge in [0.2, 0.25) is 0 Å². The molecular weight excluding hydrogens is 224 g/mol. The van der Waals surface area contributed by atoms with E-state index in [1.54, 1.807) is 12.1 Å². The number of carbonyl (C=O) groups excluding carboxylic acids is 1. The van der Waals surface area contributed by atoms with Crippen molar-refractivity contribution in [1.29, 1.82) is 0 Å². The first-order valence-electron chi connectivity index (χ1n) is 4.69. The van der Waals surface area contributed by atoms with Crippen molar-refractivity contribution in [2.75, 3.05) is 0 Å². The average Bonchev–Trinajstić information content (AvgIpc) is 2.89. The molecule has 1 N–H and O–H groups in total. The Bertz CT molecular complexity index is 500. The topological polar surface area (TPSA) is 54.6 Å². The highest BCUT2D eigenvalue weighted by Crippen LogP contribution is 2.07. The van der Waals surface area contributed by atoms with Crippen LogP contribution in [0.3, 0.4) is 0 Å². The number of furan rings is 1. The Balaban J connectivity index is 1.93. The van der Waals surface area contributed by atoms with Crippen LogP contribution in [0.25, 0.3) is 0 Å². The van der Waals surface area contributed by atoms with Crippen LogP contribution in [0.2, 0.25) is 0 Å². The maximum Gasteiger partial charge on any atom is 0.281 e. The van der Waals surface area contributed by atoms with Gasteiger partial charge in [-0.05, 0) is 30.5 Å². The average molecular weight is 234 g/mol. The van der Waals surface area contributed by atoms with E-state index >= 15 is 0 Å². The first-order valence-corrected chi connectivity index (χ1v) is 5.57. The number of aryl methyl sites for hydroxylation is 1. The van der Waals surface area contributed by atoms with Crippen LogP contribution in [0, 0.1) is 6.92 Å². The number of nitrogens with one attached hydrogen (secondary N) is 1. The van der Waals surface area contributed by atoms with Crippen LogP contribution in [0.4, 0.5) is 0 Å². The molecule has 0 spiro atoms. The second-order valence-electron chi connectivity index (χ2n) is 3.12. The zero-order chi connectivity index (χ0) is 11.4. The minimum atomic E-state index is -0.213. The molecule has 0 aliphatic carbocycles. The molecule has 2 aromatic rings. The van der Waals surface area contributed by atoms with Crippen molar-refractivity contribution in [3.8, 4) is 0 Å². The number of rotatable bonds is 3. The van der Waals surface area contributed by atoms with Gasteiger partial charge in [-0.2, -0.15) is 5.10 Å². The van der Waals surface area contributed by atoms with Crippen molar-refractivity contribution >= 4 is 23.5 Å². The lowest BCUT2D eigenvalue weighted by atomic mass is 10.4. The zero-order valence-corrected chi connectivity index (χ0v) is 9.45. The standard InChI is InChI=1S/C11H10N2O2S/c1-8-4-5-9(15-8)7-12-13-11(14)10-3-2-6-16-10/h2-7H,1H3,(H,13,14)/b12-7-. The second kappa shape index (κ2) is 4.76. The molecule has 0 radical (unpaired) electrons. The van der Waals surface area contributed by atoms with Crippen LogP contribution >= 0.6 is 11.3 Å². The maximum absolute atomic E-state index is 11.5. The molecule has 0 fully saturated rings. The quantitative estimate of drug-likeness (QED) is 0.655. The molecule has 0 unspecified atom stereocenters. The van der Waals surface area contributed by atoms with E-state index in [1.165, 1.54) is 17.6 Å². The Kier molecular flexibility index (Phi) is 3.16. The van der Waals surface area contributed by atoms with Crippen molar-refractivity contribution < 1.29 is 9.21 Å². The summed E-state index contributed by atoms with van der Waals surface area (Å²) in [7, 11) is 0. The third-order valence-corrected chi connectivity index (χ3v) is 2.73. The van der Waals surface area contributed by atoms with Gasteiger partial charge in [-0.25, -0.2) is 5.43 Å². The van der Waals surface area contributed by atoms with Crippen molar-refractivity contribution in [2.24, 2.45) is 5.10 Å². The number of hydrazone groups is 1. The molecule has 5 heteroatoms. The number of hydrogen-bond acceptors (Lipinski definition) is 4. The highest BCUT2D eigenvalue weighted by molar-refractivity contribution is 7.12. The lowest BCUT2D eigenvalue weighted by Gasteiger charge is -1.93. The number of hydrogen-bond donors (Lipinski definition) is 1. The van der Waals surface area contributed by atoms with Gasteiger partial charge in [0, 0.05) is 0 Å². The van der Waals surface area contributed by atoms with E-state index in [1.807, 2.05) is 24.4 Å². The molecule has 16 heavy (non-hydrogen) atoms. The van der Waals surface area contributed by atoms with Crippen molar-refractivity contribution in [3.63, 3.8) is 0 Å². The van der Waals surface area contributed by atoms with E-state index in [9.17, 15) is 4.79 Å². The predicted octanol–water partition coefficient (Wildman–Crippen LogP) is 2.41. The van der Waals surface area contributed by atoms with Crippen molar-refractivity contribution in [2.45, 2.75) is 6.92 Å². The summed E-state index contributed by atoms with van der Waals surface area (Å²) in [5.41, 5.74) is 2.42. The number of amides is 1. The molecule has 2 heterocycles. The van der Waals surface area contributed by atoms with Crippen LogP contribution in [0.1, 0.15) is 21.2 Å². The summed E-state index contributed by atoms with van der Waals surface area (Å²) in [6.45, 7) is 1.85. The zero-order valence-electron chi connectivity index (χ0n) is 8.64. The Morgan fingerprint density at radius 3 is 3.00 bits per heavy atom. The first-order chi connectivity index (χ1) is 7.75. The minimum Gasteiger partial charge on any atom is -0.460 e. The Morgan fingerprint density at radius 2 is 2.38 bits per heavy atom. The van der Waals surface area contributed by atoms with Crippen LogP contribution in [0.15, 0.2) is 39.2 Å². The van der Waals surface area contributed by atoms with Crippen LogP contribution < -0.4 is 5.43 Å². The van der Waals surface area contributed by atoms with E-state index in [4.69, 9.17) is 4.42 Å². The summed E-state index contributed by atoms with van der Waals surface area (Å²) >= 11 is 1.37. The van der Waals surface area contributed by atoms with E-state index in [0.29, 0.717) is 10.6 Å². The predicted molar refractivity (Wildman–Crippen MR) is 62.8 cm³/mol. The molecule has 2 aromatic heterocycles. The molecule has 0 aliphatic heterocycles. The molecule has 0 aliphatic rings. The summed E-state index contributed by atoms with van der Waals surface area (Å²) < 4.78 is 5.26. The smallest absolute Gasteiger partial charge is 0.281 e. The fourth-order valence-electron chi connectivity index (χ4n) is 1.14.